The molecule has 1 aromatic rings. The molecule has 0 bridgehead atoms. The van der Waals surface area contributed by atoms with Gasteiger partial charge in [0.05, 0.1) is 12.3 Å². The molecule has 0 radical (unpaired) electrons. The Labute approximate surface area is 160 Å². The lowest BCUT2D eigenvalue weighted by atomic mass is 10.00. The summed E-state index contributed by atoms with van der Waals surface area (Å²) in [6, 6.07) is 4.10. The van der Waals surface area contributed by atoms with Crippen molar-refractivity contribution in [2.45, 2.75) is 32.1 Å². The molecule has 1 aliphatic heterocycles. The Hall–Kier alpha value is -0.900. The van der Waals surface area contributed by atoms with Crippen LogP contribution in [0.1, 0.15) is 30.9 Å². The highest BCUT2D eigenvalue weighted by molar-refractivity contribution is 14.0. The van der Waals surface area contributed by atoms with E-state index in [1.54, 1.807) is 0 Å². The topological polar surface area (TPSA) is 75.8 Å². The highest BCUT2D eigenvalue weighted by atomic mass is 127. The fraction of sp³-hybridized carbons (Fsp3) is 0.562. The average Bonchev–Trinajstić information content (AvgIpc) is 2.46. The number of halogens is 2. The van der Waals surface area contributed by atoms with Crippen molar-refractivity contribution < 1.29 is 12.8 Å². The van der Waals surface area contributed by atoms with E-state index in [1.165, 1.54) is 18.2 Å². The summed E-state index contributed by atoms with van der Waals surface area (Å²) in [6.45, 7) is 4.14. The summed E-state index contributed by atoms with van der Waals surface area (Å²) in [6.07, 6.45) is 3.32. The second-order valence-electron chi connectivity index (χ2n) is 6.33. The summed E-state index contributed by atoms with van der Waals surface area (Å²) >= 11 is 0. The number of sulfone groups is 1. The Kier molecular flexibility index (Phi) is 7.91. The van der Waals surface area contributed by atoms with Crippen molar-refractivity contribution in [3.63, 3.8) is 0 Å². The maximum absolute atomic E-state index is 13.5. The van der Waals surface area contributed by atoms with Gasteiger partial charge in [0.1, 0.15) is 5.82 Å². The normalized spacial score (nSPS) is 16.8. The molecule has 0 aromatic heterocycles. The zero-order valence-corrected chi connectivity index (χ0v) is 17.2. The summed E-state index contributed by atoms with van der Waals surface area (Å²) in [5, 5.41) is 0. The molecular weight excluding hydrogens is 444 g/mol. The number of likely N-dealkylation sites (tertiary alicyclic amines) is 1. The fourth-order valence-corrected chi connectivity index (χ4v) is 3.52. The molecule has 0 aliphatic carbocycles. The molecule has 5 nitrogen and oxygen atoms in total. The summed E-state index contributed by atoms with van der Waals surface area (Å²) in [5.41, 5.74) is 7.15. The molecule has 1 aliphatic rings. The number of aliphatic imine (C=N–C) groups is 1. The van der Waals surface area contributed by atoms with Crippen LogP contribution in [0.15, 0.2) is 23.2 Å². The monoisotopic (exact) mass is 469 g/mol. The minimum absolute atomic E-state index is 0. The lowest BCUT2D eigenvalue weighted by Gasteiger charge is -2.31. The Morgan fingerprint density at radius 2 is 1.96 bits per heavy atom. The molecule has 2 N–H and O–H groups in total. The van der Waals surface area contributed by atoms with Gasteiger partial charge in [0.2, 0.25) is 0 Å². The van der Waals surface area contributed by atoms with E-state index in [9.17, 15) is 12.8 Å². The van der Waals surface area contributed by atoms with Crippen LogP contribution in [0.5, 0.6) is 0 Å². The molecule has 1 saturated heterocycles. The average molecular weight is 469 g/mol. The number of hydrogen-bond acceptors (Lipinski definition) is 3. The van der Waals surface area contributed by atoms with Crippen LogP contribution in [0.25, 0.3) is 0 Å². The molecule has 8 heteroatoms. The molecule has 0 saturated carbocycles. The first-order valence-electron chi connectivity index (χ1n) is 7.74. The van der Waals surface area contributed by atoms with Crippen LogP contribution in [-0.2, 0) is 22.1 Å². The highest BCUT2D eigenvalue weighted by Crippen LogP contribution is 2.17. The van der Waals surface area contributed by atoms with E-state index in [2.05, 4.69) is 11.9 Å². The Balaban J connectivity index is 0.00000288. The molecule has 1 aromatic carbocycles. The number of nitrogens with two attached hydrogens (primary N) is 1. The summed E-state index contributed by atoms with van der Waals surface area (Å²) in [5.74, 6) is 0.604. The quantitative estimate of drug-likeness (QED) is 0.418. The van der Waals surface area contributed by atoms with Gasteiger partial charge < -0.3 is 10.6 Å². The lowest BCUT2D eigenvalue weighted by molar-refractivity contribution is 0.277. The van der Waals surface area contributed by atoms with E-state index < -0.39 is 15.7 Å². The van der Waals surface area contributed by atoms with Crippen molar-refractivity contribution in [3.05, 3.63) is 35.1 Å². The van der Waals surface area contributed by atoms with Crippen molar-refractivity contribution >= 4 is 39.8 Å². The van der Waals surface area contributed by atoms with Gasteiger partial charge in [0.25, 0.3) is 0 Å². The van der Waals surface area contributed by atoms with E-state index in [4.69, 9.17) is 5.73 Å². The smallest absolute Gasteiger partial charge is 0.191 e. The minimum Gasteiger partial charge on any atom is -0.370 e. The predicted octanol–water partition coefficient (Wildman–Crippen LogP) is 2.53. The minimum atomic E-state index is -3.19. The molecule has 1 fully saturated rings. The van der Waals surface area contributed by atoms with E-state index in [0.717, 1.165) is 32.2 Å². The second kappa shape index (κ2) is 8.98. The molecular formula is C16H25FIN3O2S. The molecule has 0 atom stereocenters. The molecule has 24 heavy (non-hydrogen) atoms. The maximum atomic E-state index is 13.5. The van der Waals surface area contributed by atoms with Crippen molar-refractivity contribution in [2.75, 3.05) is 19.3 Å². The van der Waals surface area contributed by atoms with Crippen molar-refractivity contribution in [2.24, 2.45) is 16.6 Å². The van der Waals surface area contributed by atoms with Crippen LogP contribution >= 0.6 is 24.0 Å². The standard InChI is InChI=1S/C16H24FN3O2S.HI/c1-12-5-7-20(8-6-12)16(18)19-10-14-9-15(17)4-3-13(14)11-23(2,21)22;/h3-4,9,12H,5-8,10-11H2,1-2H3,(H2,18,19);1H. The fourth-order valence-electron chi connectivity index (χ4n) is 2.67. The molecule has 0 unspecified atom stereocenters. The largest absolute Gasteiger partial charge is 0.370 e. The van der Waals surface area contributed by atoms with Gasteiger partial charge in [-0.15, -0.1) is 24.0 Å². The summed E-state index contributed by atoms with van der Waals surface area (Å²) in [7, 11) is -3.19. The molecule has 0 amide bonds. The Morgan fingerprint density at radius 3 is 2.54 bits per heavy atom. The molecule has 1 heterocycles. The molecule has 136 valence electrons. The third kappa shape index (κ3) is 6.54. The number of benzene rings is 1. The van der Waals surface area contributed by atoms with Gasteiger partial charge in [-0.2, -0.15) is 0 Å². The van der Waals surface area contributed by atoms with Gasteiger partial charge >= 0.3 is 0 Å². The number of nitrogens with zero attached hydrogens (tertiary/aromatic N) is 2. The SMILES string of the molecule is CC1CCN(C(N)=NCc2cc(F)ccc2CS(C)(=O)=O)CC1.I. The van der Waals surface area contributed by atoms with Crippen molar-refractivity contribution in [3.8, 4) is 0 Å². The second-order valence-corrected chi connectivity index (χ2v) is 8.47. The first-order valence-corrected chi connectivity index (χ1v) is 9.80. The number of hydrogen-bond donors (Lipinski definition) is 1. The third-order valence-electron chi connectivity index (χ3n) is 4.11. The van der Waals surface area contributed by atoms with Crippen LogP contribution in [-0.4, -0.2) is 38.6 Å². The van der Waals surface area contributed by atoms with Crippen LogP contribution in [0, 0.1) is 11.7 Å². The Bertz CT molecular complexity index is 687. The highest BCUT2D eigenvalue weighted by Gasteiger charge is 2.17. The summed E-state index contributed by atoms with van der Waals surface area (Å²) in [4.78, 5) is 6.36. The van der Waals surface area contributed by atoms with E-state index >= 15 is 0 Å². The van der Waals surface area contributed by atoms with Gasteiger partial charge in [0.15, 0.2) is 15.8 Å². The number of rotatable bonds is 4. The first-order chi connectivity index (χ1) is 10.7. The summed E-state index contributed by atoms with van der Waals surface area (Å²) < 4.78 is 36.4. The molecule has 2 rings (SSSR count). The van der Waals surface area contributed by atoms with E-state index in [0.29, 0.717) is 23.0 Å². The maximum Gasteiger partial charge on any atom is 0.191 e. The molecule has 0 spiro atoms. The predicted molar refractivity (Wildman–Crippen MR) is 106 cm³/mol. The van der Waals surface area contributed by atoms with Gasteiger partial charge in [-0.05, 0) is 42.0 Å². The first kappa shape index (κ1) is 21.1. The van der Waals surface area contributed by atoms with Crippen LogP contribution < -0.4 is 5.73 Å². The van der Waals surface area contributed by atoms with Crippen LogP contribution in [0.2, 0.25) is 0 Å². The van der Waals surface area contributed by atoms with Crippen LogP contribution in [0.3, 0.4) is 0 Å². The Morgan fingerprint density at radius 1 is 1.33 bits per heavy atom. The zero-order valence-electron chi connectivity index (χ0n) is 14.0. The van der Waals surface area contributed by atoms with E-state index in [-0.39, 0.29) is 36.3 Å². The van der Waals surface area contributed by atoms with E-state index in [1.807, 2.05) is 4.90 Å². The van der Waals surface area contributed by atoms with Gasteiger partial charge in [-0.3, -0.25) is 0 Å². The zero-order chi connectivity index (χ0) is 17.0. The third-order valence-corrected chi connectivity index (χ3v) is 4.94. The lowest BCUT2D eigenvalue weighted by Crippen LogP contribution is -2.42. The van der Waals surface area contributed by atoms with Crippen LogP contribution in [0.4, 0.5) is 4.39 Å². The van der Waals surface area contributed by atoms with Gasteiger partial charge in [-0.25, -0.2) is 17.8 Å². The van der Waals surface area contributed by atoms with Crippen molar-refractivity contribution in [1.82, 2.24) is 4.90 Å². The number of piperidine rings is 1. The van der Waals surface area contributed by atoms with Crippen molar-refractivity contribution in [1.29, 1.82) is 0 Å². The number of guanidine groups is 1. The van der Waals surface area contributed by atoms with Gasteiger partial charge in [0, 0.05) is 19.3 Å². The van der Waals surface area contributed by atoms with Gasteiger partial charge in [-0.1, -0.05) is 13.0 Å².